The van der Waals surface area contributed by atoms with E-state index in [9.17, 15) is 4.39 Å². The first kappa shape index (κ1) is 12.9. The number of methoxy groups -OCH3 is 1. The molecule has 0 aliphatic rings. The molecule has 0 bridgehead atoms. The summed E-state index contributed by atoms with van der Waals surface area (Å²) < 4.78 is 17.7. The van der Waals surface area contributed by atoms with E-state index in [1.54, 1.807) is 13.2 Å². The van der Waals surface area contributed by atoms with Crippen molar-refractivity contribution in [3.05, 3.63) is 41.2 Å². The Bertz CT molecular complexity index is 350. The Morgan fingerprint density at radius 1 is 1.44 bits per heavy atom. The lowest BCUT2D eigenvalue weighted by molar-refractivity contribution is 0.200. The third-order valence-electron chi connectivity index (χ3n) is 2.27. The Labute approximate surface area is 96.1 Å². The second-order valence-corrected chi connectivity index (χ2v) is 3.60. The van der Waals surface area contributed by atoms with E-state index in [2.05, 4.69) is 5.32 Å². The van der Waals surface area contributed by atoms with Crippen LogP contribution in [0.25, 0.3) is 6.08 Å². The molecule has 0 unspecified atom stereocenters. The average Bonchev–Trinajstić information content (AvgIpc) is 2.26. The quantitative estimate of drug-likeness (QED) is 0.748. The van der Waals surface area contributed by atoms with Gasteiger partial charge in [0.2, 0.25) is 0 Å². The summed E-state index contributed by atoms with van der Waals surface area (Å²) in [6.45, 7) is 4.24. The normalized spacial score (nSPS) is 11.2. The molecule has 0 spiro atoms. The molecule has 16 heavy (non-hydrogen) atoms. The van der Waals surface area contributed by atoms with E-state index in [0.717, 1.165) is 24.2 Å². The van der Waals surface area contributed by atoms with Crippen LogP contribution in [0.2, 0.25) is 0 Å². The lowest BCUT2D eigenvalue weighted by Gasteiger charge is -2.01. The van der Waals surface area contributed by atoms with Crippen molar-refractivity contribution in [1.82, 2.24) is 5.32 Å². The fourth-order valence-corrected chi connectivity index (χ4v) is 1.37. The summed E-state index contributed by atoms with van der Waals surface area (Å²) in [7, 11) is 1.68. The van der Waals surface area contributed by atoms with Crippen molar-refractivity contribution in [2.75, 3.05) is 26.8 Å². The summed E-state index contributed by atoms with van der Waals surface area (Å²) in [5.41, 5.74) is 2.00. The molecule has 0 saturated heterocycles. The van der Waals surface area contributed by atoms with Crippen LogP contribution in [0.4, 0.5) is 4.39 Å². The van der Waals surface area contributed by atoms with Gasteiger partial charge in [-0.15, -0.1) is 0 Å². The number of hydrogen-bond donors (Lipinski definition) is 1. The molecule has 1 aromatic carbocycles. The Hall–Kier alpha value is -1.19. The highest BCUT2D eigenvalue weighted by molar-refractivity contribution is 5.53. The smallest absolute Gasteiger partial charge is 0.123 e. The maximum atomic E-state index is 12.8. The van der Waals surface area contributed by atoms with Crippen LogP contribution in [-0.2, 0) is 4.74 Å². The summed E-state index contributed by atoms with van der Waals surface area (Å²) >= 11 is 0. The van der Waals surface area contributed by atoms with Crippen LogP contribution in [-0.4, -0.2) is 26.8 Å². The van der Waals surface area contributed by atoms with Gasteiger partial charge in [-0.25, -0.2) is 4.39 Å². The van der Waals surface area contributed by atoms with E-state index in [1.807, 2.05) is 19.1 Å². The van der Waals surface area contributed by atoms with Gasteiger partial charge in [-0.3, -0.25) is 0 Å². The van der Waals surface area contributed by atoms with E-state index in [0.29, 0.717) is 6.61 Å². The monoisotopic (exact) mass is 223 g/mol. The van der Waals surface area contributed by atoms with Crippen LogP contribution in [0.1, 0.15) is 11.1 Å². The van der Waals surface area contributed by atoms with Crippen molar-refractivity contribution in [1.29, 1.82) is 0 Å². The van der Waals surface area contributed by atoms with Crippen LogP contribution in [0.5, 0.6) is 0 Å². The standard InChI is InChI=1S/C13H18FNO/c1-11-10-13(14)6-5-12(11)4-3-7-15-8-9-16-2/h3-6,10,15H,7-9H2,1-2H3. The zero-order valence-electron chi connectivity index (χ0n) is 9.79. The predicted molar refractivity (Wildman–Crippen MR) is 64.9 cm³/mol. The number of aryl methyl sites for hydroxylation is 1. The van der Waals surface area contributed by atoms with Gasteiger partial charge in [0.15, 0.2) is 0 Å². The molecule has 0 saturated carbocycles. The van der Waals surface area contributed by atoms with Gasteiger partial charge >= 0.3 is 0 Å². The molecule has 0 radical (unpaired) electrons. The highest BCUT2D eigenvalue weighted by Gasteiger charge is 1.95. The van der Waals surface area contributed by atoms with Crippen molar-refractivity contribution in [3.8, 4) is 0 Å². The van der Waals surface area contributed by atoms with Crippen LogP contribution in [0.15, 0.2) is 24.3 Å². The molecule has 0 aliphatic carbocycles. The molecule has 0 aliphatic heterocycles. The third-order valence-corrected chi connectivity index (χ3v) is 2.27. The van der Waals surface area contributed by atoms with Gasteiger partial charge in [0.05, 0.1) is 6.61 Å². The number of rotatable bonds is 6. The van der Waals surface area contributed by atoms with Gasteiger partial charge in [-0.05, 0) is 30.2 Å². The van der Waals surface area contributed by atoms with E-state index in [1.165, 1.54) is 12.1 Å². The number of hydrogen-bond acceptors (Lipinski definition) is 2. The van der Waals surface area contributed by atoms with Crippen molar-refractivity contribution in [3.63, 3.8) is 0 Å². The molecule has 0 aromatic heterocycles. The zero-order chi connectivity index (χ0) is 11.8. The fourth-order valence-electron chi connectivity index (χ4n) is 1.37. The van der Waals surface area contributed by atoms with Crippen LogP contribution < -0.4 is 5.32 Å². The highest BCUT2D eigenvalue weighted by Crippen LogP contribution is 2.11. The van der Waals surface area contributed by atoms with Crippen LogP contribution in [0, 0.1) is 12.7 Å². The number of halogens is 1. The van der Waals surface area contributed by atoms with E-state index < -0.39 is 0 Å². The Morgan fingerprint density at radius 2 is 2.25 bits per heavy atom. The number of nitrogens with one attached hydrogen (secondary N) is 1. The van der Waals surface area contributed by atoms with Gasteiger partial charge in [-0.1, -0.05) is 18.2 Å². The van der Waals surface area contributed by atoms with E-state index in [4.69, 9.17) is 4.74 Å². The lowest BCUT2D eigenvalue weighted by Crippen LogP contribution is -2.18. The summed E-state index contributed by atoms with van der Waals surface area (Å²) in [5.74, 6) is -0.187. The van der Waals surface area contributed by atoms with Crippen molar-refractivity contribution < 1.29 is 9.13 Å². The topological polar surface area (TPSA) is 21.3 Å². The first-order valence-electron chi connectivity index (χ1n) is 5.36. The Morgan fingerprint density at radius 3 is 2.94 bits per heavy atom. The molecular formula is C13H18FNO. The molecule has 0 heterocycles. The third kappa shape index (κ3) is 4.55. The summed E-state index contributed by atoms with van der Waals surface area (Å²) in [6.07, 6.45) is 4.02. The van der Waals surface area contributed by atoms with E-state index in [-0.39, 0.29) is 5.82 Å². The number of ether oxygens (including phenoxy) is 1. The van der Waals surface area contributed by atoms with Crippen molar-refractivity contribution in [2.24, 2.45) is 0 Å². The average molecular weight is 223 g/mol. The SMILES string of the molecule is COCCNCC=Cc1ccc(F)cc1C. The molecule has 1 rings (SSSR count). The molecule has 1 N–H and O–H groups in total. The summed E-state index contributed by atoms with van der Waals surface area (Å²) in [5, 5.41) is 3.20. The van der Waals surface area contributed by atoms with Gasteiger partial charge < -0.3 is 10.1 Å². The van der Waals surface area contributed by atoms with Crippen LogP contribution >= 0.6 is 0 Å². The van der Waals surface area contributed by atoms with Gasteiger partial charge in [0.1, 0.15) is 5.82 Å². The van der Waals surface area contributed by atoms with Gasteiger partial charge in [0, 0.05) is 20.2 Å². The highest BCUT2D eigenvalue weighted by atomic mass is 19.1. The first-order valence-corrected chi connectivity index (χ1v) is 5.36. The fraction of sp³-hybridized carbons (Fsp3) is 0.385. The summed E-state index contributed by atoms with van der Waals surface area (Å²) in [4.78, 5) is 0. The molecule has 88 valence electrons. The molecule has 0 atom stereocenters. The molecule has 0 fully saturated rings. The predicted octanol–water partition coefficient (Wildman–Crippen LogP) is 2.38. The molecule has 3 heteroatoms. The van der Waals surface area contributed by atoms with Gasteiger partial charge in [-0.2, -0.15) is 0 Å². The lowest BCUT2D eigenvalue weighted by atomic mass is 10.1. The van der Waals surface area contributed by atoms with Crippen molar-refractivity contribution >= 4 is 6.08 Å². The molecule has 2 nitrogen and oxygen atoms in total. The molecule has 1 aromatic rings. The Kier molecular flexibility index (Phi) is 5.75. The minimum atomic E-state index is -0.187. The van der Waals surface area contributed by atoms with Crippen molar-refractivity contribution in [2.45, 2.75) is 6.92 Å². The Balaban J connectivity index is 2.38. The first-order chi connectivity index (χ1) is 7.74. The zero-order valence-corrected chi connectivity index (χ0v) is 9.79. The minimum Gasteiger partial charge on any atom is -0.383 e. The molecular weight excluding hydrogens is 205 g/mol. The minimum absolute atomic E-state index is 0.187. The second kappa shape index (κ2) is 7.14. The maximum Gasteiger partial charge on any atom is 0.123 e. The van der Waals surface area contributed by atoms with Crippen LogP contribution in [0.3, 0.4) is 0 Å². The molecule has 0 amide bonds. The van der Waals surface area contributed by atoms with E-state index >= 15 is 0 Å². The largest absolute Gasteiger partial charge is 0.383 e. The summed E-state index contributed by atoms with van der Waals surface area (Å²) in [6, 6.07) is 4.80. The number of benzene rings is 1. The van der Waals surface area contributed by atoms with Gasteiger partial charge in [0.25, 0.3) is 0 Å². The maximum absolute atomic E-state index is 12.8. The second-order valence-electron chi connectivity index (χ2n) is 3.60.